The zero-order valence-electron chi connectivity index (χ0n) is 13.3. The molecule has 1 fully saturated rings. The van der Waals surface area contributed by atoms with E-state index in [1.165, 1.54) is 11.1 Å². The van der Waals surface area contributed by atoms with Crippen LogP contribution >= 0.6 is 11.8 Å². The monoisotopic (exact) mass is 326 g/mol. The molecule has 0 unspecified atom stereocenters. The molecule has 0 aliphatic carbocycles. The van der Waals surface area contributed by atoms with Gasteiger partial charge in [-0.2, -0.15) is 0 Å². The number of rotatable bonds is 3. The lowest BCUT2D eigenvalue weighted by Crippen LogP contribution is -2.40. The molecule has 1 aliphatic rings. The van der Waals surface area contributed by atoms with Gasteiger partial charge in [0.25, 0.3) is 0 Å². The molecule has 2 aromatic carbocycles. The lowest BCUT2D eigenvalue weighted by Gasteiger charge is -2.16. The summed E-state index contributed by atoms with van der Waals surface area (Å²) in [4.78, 5) is 12.5. The van der Waals surface area contributed by atoms with Crippen molar-refractivity contribution in [1.82, 2.24) is 5.32 Å². The van der Waals surface area contributed by atoms with E-state index in [4.69, 9.17) is 5.73 Å². The van der Waals surface area contributed by atoms with Crippen molar-refractivity contribution in [1.29, 1.82) is 0 Å². The van der Waals surface area contributed by atoms with Crippen LogP contribution in [0.1, 0.15) is 22.8 Å². The lowest BCUT2D eigenvalue weighted by atomic mass is 10.0. The first-order valence-electron chi connectivity index (χ1n) is 7.96. The maximum absolute atomic E-state index is 12.5. The Hall–Kier alpha value is -1.78. The summed E-state index contributed by atoms with van der Waals surface area (Å²) in [5.74, 6) is 1.02. The Kier molecular flexibility index (Phi) is 5.03. The maximum Gasteiger partial charge on any atom is 0.237 e. The Morgan fingerprint density at radius 2 is 1.96 bits per heavy atom. The summed E-state index contributed by atoms with van der Waals surface area (Å²) in [6, 6.07) is 16.9. The highest BCUT2D eigenvalue weighted by atomic mass is 32.2. The zero-order valence-corrected chi connectivity index (χ0v) is 14.1. The van der Waals surface area contributed by atoms with Crippen molar-refractivity contribution in [3.8, 4) is 11.1 Å². The Balaban J connectivity index is 1.87. The SMILES string of the molecule is Cc1ccc(-c2cccc([C@H]3SCC[C@@H](CN)NC3=O)c2)cc1. The highest BCUT2D eigenvalue weighted by Crippen LogP contribution is 2.34. The minimum Gasteiger partial charge on any atom is -0.351 e. The van der Waals surface area contributed by atoms with Gasteiger partial charge in [0.05, 0.1) is 0 Å². The molecule has 120 valence electrons. The number of hydrogen-bond acceptors (Lipinski definition) is 3. The van der Waals surface area contributed by atoms with E-state index in [-0.39, 0.29) is 17.2 Å². The van der Waals surface area contributed by atoms with Gasteiger partial charge >= 0.3 is 0 Å². The molecule has 1 heterocycles. The quantitative estimate of drug-likeness (QED) is 0.910. The first-order valence-corrected chi connectivity index (χ1v) is 9.01. The Labute approximate surface area is 141 Å². The van der Waals surface area contributed by atoms with E-state index < -0.39 is 0 Å². The summed E-state index contributed by atoms with van der Waals surface area (Å²) in [5, 5.41) is 2.90. The van der Waals surface area contributed by atoms with Crippen LogP contribution in [0.5, 0.6) is 0 Å². The van der Waals surface area contributed by atoms with Crippen LogP contribution in [-0.4, -0.2) is 24.2 Å². The first-order chi connectivity index (χ1) is 11.2. The minimum absolute atomic E-state index is 0.0732. The van der Waals surface area contributed by atoms with Crippen molar-refractivity contribution in [3.05, 3.63) is 59.7 Å². The van der Waals surface area contributed by atoms with Crippen molar-refractivity contribution >= 4 is 17.7 Å². The molecule has 2 atom stereocenters. The third-order valence-corrected chi connectivity index (χ3v) is 5.49. The second-order valence-corrected chi connectivity index (χ2v) is 7.19. The van der Waals surface area contributed by atoms with Crippen LogP contribution in [0, 0.1) is 6.92 Å². The van der Waals surface area contributed by atoms with Gasteiger partial charge in [-0.15, -0.1) is 11.8 Å². The molecule has 3 N–H and O–H groups in total. The van der Waals surface area contributed by atoms with E-state index in [2.05, 4.69) is 48.6 Å². The molecule has 0 aromatic heterocycles. The predicted molar refractivity (Wildman–Crippen MR) is 97.4 cm³/mol. The standard InChI is InChI=1S/C19H22N2OS/c1-13-5-7-14(8-6-13)15-3-2-4-16(11-15)18-19(22)21-17(12-20)9-10-23-18/h2-8,11,17-18H,9-10,12,20H2,1H3,(H,21,22)/t17-,18+/m0/s1. The van der Waals surface area contributed by atoms with Gasteiger partial charge in [-0.1, -0.05) is 48.0 Å². The molecule has 0 spiro atoms. The average Bonchev–Trinajstić information content (AvgIpc) is 2.77. The molecule has 4 heteroatoms. The van der Waals surface area contributed by atoms with Gasteiger partial charge in [0.15, 0.2) is 0 Å². The summed E-state index contributed by atoms with van der Waals surface area (Å²) in [5.41, 5.74) is 10.3. The number of benzene rings is 2. The fourth-order valence-electron chi connectivity index (χ4n) is 2.80. The largest absolute Gasteiger partial charge is 0.351 e. The van der Waals surface area contributed by atoms with E-state index in [1.807, 2.05) is 12.1 Å². The highest BCUT2D eigenvalue weighted by Gasteiger charge is 2.26. The molecule has 1 amide bonds. The van der Waals surface area contributed by atoms with Crippen LogP contribution in [0.2, 0.25) is 0 Å². The van der Waals surface area contributed by atoms with E-state index in [1.54, 1.807) is 11.8 Å². The van der Waals surface area contributed by atoms with E-state index >= 15 is 0 Å². The Morgan fingerprint density at radius 3 is 2.70 bits per heavy atom. The number of aryl methyl sites for hydroxylation is 1. The van der Waals surface area contributed by atoms with Crippen LogP contribution in [-0.2, 0) is 4.79 Å². The van der Waals surface area contributed by atoms with Crippen LogP contribution in [0.25, 0.3) is 11.1 Å². The summed E-state index contributed by atoms with van der Waals surface area (Å²) >= 11 is 1.70. The third-order valence-electron chi connectivity index (χ3n) is 4.19. The van der Waals surface area contributed by atoms with Gasteiger partial charge in [-0.05, 0) is 41.9 Å². The van der Waals surface area contributed by atoms with Gasteiger partial charge in [0.2, 0.25) is 5.91 Å². The van der Waals surface area contributed by atoms with Crippen molar-refractivity contribution in [2.24, 2.45) is 5.73 Å². The van der Waals surface area contributed by atoms with Gasteiger partial charge in [0, 0.05) is 12.6 Å². The number of amides is 1. The topological polar surface area (TPSA) is 55.1 Å². The smallest absolute Gasteiger partial charge is 0.237 e. The van der Waals surface area contributed by atoms with Crippen molar-refractivity contribution in [2.45, 2.75) is 24.6 Å². The third kappa shape index (κ3) is 3.77. The summed E-state index contributed by atoms with van der Waals surface area (Å²) in [6.45, 7) is 2.59. The molecule has 3 nitrogen and oxygen atoms in total. The molecule has 0 saturated carbocycles. The van der Waals surface area contributed by atoms with Gasteiger partial charge in [-0.3, -0.25) is 4.79 Å². The van der Waals surface area contributed by atoms with Crippen molar-refractivity contribution < 1.29 is 4.79 Å². The normalized spacial score (nSPS) is 21.6. The number of carbonyl (C=O) groups excluding carboxylic acids is 1. The number of thioether (sulfide) groups is 1. The van der Waals surface area contributed by atoms with Crippen LogP contribution < -0.4 is 11.1 Å². The molecule has 3 rings (SSSR count). The number of nitrogens with two attached hydrogens (primary N) is 1. The lowest BCUT2D eigenvalue weighted by molar-refractivity contribution is -0.121. The predicted octanol–water partition coefficient (Wildman–Crippen LogP) is 3.28. The molecular weight excluding hydrogens is 304 g/mol. The van der Waals surface area contributed by atoms with Crippen molar-refractivity contribution in [3.63, 3.8) is 0 Å². The van der Waals surface area contributed by atoms with E-state index in [0.717, 1.165) is 23.3 Å². The molecule has 1 saturated heterocycles. The molecular formula is C19H22N2OS. The fourth-order valence-corrected chi connectivity index (χ4v) is 4.02. The Bertz CT molecular complexity index is 684. The Morgan fingerprint density at radius 1 is 1.17 bits per heavy atom. The fraction of sp³-hybridized carbons (Fsp3) is 0.316. The molecule has 2 aromatic rings. The summed E-state index contributed by atoms with van der Waals surface area (Å²) in [6.07, 6.45) is 0.932. The second kappa shape index (κ2) is 7.20. The minimum atomic E-state index is -0.156. The second-order valence-electron chi connectivity index (χ2n) is 5.97. The number of nitrogens with one attached hydrogen (secondary N) is 1. The van der Waals surface area contributed by atoms with Crippen molar-refractivity contribution in [2.75, 3.05) is 12.3 Å². The van der Waals surface area contributed by atoms with E-state index in [0.29, 0.717) is 6.54 Å². The first kappa shape index (κ1) is 16.1. The van der Waals surface area contributed by atoms with Crippen LogP contribution in [0.3, 0.4) is 0 Å². The van der Waals surface area contributed by atoms with Crippen LogP contribution in [0.15, 0.2) is 48.5 Å². The van der Waals surface area contributed by atoms with Crippen LogP contribution in [0.4, 0.5) is 0 Å². The van der Waals surface area contributed by atoms with Gasteiger partial charge in [0.1, 0.15) is 5.25 Å². The summed E-state index contributed by atoms with van der Waals surface area (Å²) < 4.78 is 0. The molecule has 0 radical (unpaired) electrons. The molecule has 1 aliphatic heterocycles. The average molecular weight is 326 g/mol. The number of carbonyl (C=O) groups is 1. The van der Waals surface area contributed by atoms with E-state index in [9.17, 15) is 4.79 Å². The molecule has 0 bridgehead atoms. The van der Waals surface area contributed by atoms with Gasteiger partial charge < -0.3 is 11.1 Å². The maximum atomic E-state index is 12.5. The number of hydrogen-bond donors (Lipinski definition) is 2. The molecule has 23 heavy (non-hydrogen) atoms. The van der Waals surface area contributed by atoms with Gasteiger partial charge in [-0.25, -0.2) is 0 Å². The zero-order chi connectivity index (χ0) is 16.2. The highest BCUT2D eigenvalue weighted by molar-refractivity contribution is 8.00. The summed E-state index contributed by atoms with van der Waals surface area (Å²) in [7, 11) is 0.